The molecule has 0 saturated heterocycles. The molecule has 0 bridgehead atoms. The Hall–Kier alpha value is -6.32. The summed E-state index contributed by atoms with van der Waals surface area (Å²) in [7, 11) is 0. The summed E-state index contributed by atoms with van der Waals surface area (Å²) in [5.41, 5.74) is 10.2. The molecule has 7 aromatic carbocycles. The van der Waals surface area contributed by atoms with Crippen LogP contribution in [0.2, 0.25) is 0 Å². The number of aromatic nitrogens is 2. The number of nitrogens with zero attached hydrogens (tertiary/aromatic N) is 2. The first-order valence-corrected chi connectivity index (χ1v) is 16.1. The summed E-state index contributed by atoms with van der Waals surface area (Å²) >= 11 is 0. The Morgan fingerprint density at radius 1 is 0.521 bits per heavy atom. The van der Waals surface area contributed by atoms with Crippen LogP contribution in [0.4, 0.5) is 0 Å². The first kappa shape index (κ1) is 29.1. The fourth-order valence-corrected chi connectivity index (χ4v) is 6.55. The van der Waals surface area contributed by atoms with Crippen LogP contribution in [0.3, 0.4) is 0 Å². The Labute approximate surface area is 279 Å². The molecule has 0 aliphatic rings. The van der Waals surface area contributed by atoms with E-state index in [0.29, 0.717) is 0 Å². The fraction of sp³-hybridized carbons (Fsp3) is 0.0222. The maximum atomic E-state index is 6.27. The van der Waals surface area contributed by atoms with Gasteiger partial charge in [0.15, 0.2) is 0 Å². The van der Waals surface area contributed by atoms with Gasteiger partial charge in [-0.05, 0) is 40.5 Å². The van der Waals surface area contributed by atoms with Crippen LogP contribution in [0.5, 0.6) is 0 Å². The van der Waals surface area contributed by atoms with Crippen molar-refractivity contribution in [3.63, 3.8) is 0 Å². The van der Waals surface area contributed by atoms with Gasteiger partial charge < -0.3 is 4.42 Å². The van der Waals surface area contributed by atoms with Gasteiger partial charge >= 0.3 is 0 Å². The second-order valence-electron chi connectivity index (χ2n) is 11.7. The molecule has 0 atom stereocenters. The van der Waals surface area contributed by atoms with E-state index in [1.54, 1.807) is 6.08 Å². The quantitative estimate of drug-likeness (QED) is 0.146. The van der Waals surface area contributed by atoms with Crippen molar-refractivity contribution < 1.29 is 4.42 Å². The van der Waals surface area contributed by atoms with Gasteiger partial charge in [0.25, 0.3) is 0 Å². The van der Waals surface area contributed by atoms with Crippen molar-refractivity contribution in [2.24, 2.45) is 0 Å². The van der Waals surface area contributed by atoms with Gasteiger partial charge in [-0.3, -0.25) is 4.98 Å². The normalized spacial score (nSPS) is 11.4. The summed E-state index contributed by atoms with van der Waals surface area (Å²) in [5.74, 6) is 0. The molecule has 0 aliphatic carbocycles. The molecule has 0 unspecified atom stereocenters. The first-order valence-electron chi connectivity index (χ1n) is 16.1. The summed E-state index contributed by atoms with van der Waals surface area (Å²) in [6.45, 7) is 5.42. The van der Waals surface area contributed by atoms with Gasteiger partial charge in [-0.1, -0.05) is 158 Å². The fourth-order valence-electron chi connectivity index (χ4n) is 6.55. The van der Waals surface area contributed by atoms with Gasteiger partial charge in [0.2, 0.25) is 0 Å². The van der Waals surface area contributed by atoms with Crippen LogP contribution >= 0.6 is 0 Å². The predicted molar refractivity (Wildman–Crippen MR) is 203 cm³/mol. The molecule has 0 radical (unpaired) electrons. The number of rotatable bonds is 4. The minimum absolute atomic E-state index is 0.869. The third-order valence-corrected chi connectivity index (χ3v) is 8.87. The molecule has 228 valence electrons. The minimum atomic E-state index is 0.869. The summed E-state index contributed by atoms with van der Waals surface area (Å²) in [6.07, 6.45) is 7.47. The molecule has 0 amide bonds. The average molecular weight is 617 g/mol. The molecule has 2 heterocycles. The van der Waals surface area contributed by atoms with Crippen LogP contribution < -0.4 is 0 Å². The van der Waals surface area contributed by atoms with E-state index in [9.17, 15) is 0 Å². The maximum Gasteiger partial charge on any atom is 0.143 e. The smallest absolute Gasteiger partial charge is 0.143 e. The largest absolute Gasteiger partial charge is 0.455 e. The van der Waals surface area contributed by atoms with E-state index in [4.69, 9.17) is 14.4 Å². The number of hydrogen-bond donors (Lipinski definition) is 0. The molecule has 48 heavy (non-hydrogen) atoms. The van der Waals surface area contributed by atoms with E-state index in [1.807, 2.05) is 37.4 Å². The third kappa shape index (κ3) is 5.12. The Balaban J connectivity index is 0.000000629. The standard InChI is InChI=1S/C40H24N2O.C5H8/c1-3-11-33-30(8-1)31-9-2-4-12-34(31)39-38(33)41-24-36(42-39)28-22-18-26(19-23-28)25-16-20-27(21-17-25)29-13-7-14-35-32-10-5-6-15-37(32)43-40(29)35;1-3-5-4-2/h1-24H;3-5H,1H2,2H3/b;5-4-. The summed E-state index contributed by atoms with van der Waals surface area (Å²) in [4.78, 5) is 10.1. The van der Waals surface area contributed by atoms with E-state index in [0.717, 1.165) is 77.3 Å². The lowest BCUT2D eigenvalue weighted by atomic mass is 9.98. The van der Waals surface area contributed by atoms with Gasteiger partial charge in [0.1, 0.15) is 11.2 Å². The Morgan fingerprint density at radius 2 is 1.06 bits per heavy atom. The molecule has 2 aromatic heterocycles. The van der Waals surface area contributed by atoms with Crippen molar-refractivity contribution in [3.8, 4) is 33.5 Å². The second kappa shape index (κ2) is 12.5. The summed E-state index contributed by atoms with van der Waals surface area (Å²) < 4.78 is 6.27. The van der Waals surface area contributed by atoms with Gasteiger partial charge in [0.05, 0.1) is 22.9 Å². The van der Waals surface area contributed by atoms with Gasteiger partial charge in [-0.15, -0.1) is 0 Å². The summed E-state index contributed by atoms with van der Waals surface area (Å²) in [6, 6.07) is 48.8. The zero-order valence-corrected chi connectivity index (χ0v) is 26.6. The summed E-state index contributed by atoms with van der Waals surface area (Å²) in [5, 5.41) is 6.95. The average Bonchev–Trinajstić information content (AvgIpc) is 3.55. The topological polar surface area (TPSA) is 38.9 Å². The molecule has 9 rings (SSSR count). The van der Waals surface area contributed by atoms with Gasteiger partial charge in [-0.25, -0.2) is 4.98 Å². The first-order chi connectivity index (χ1) is 23.7. The van der Waals surface area contributed by atoms with Crippen LogP contribution in [0, 0.1) is 0 Å². The van der Waals surface area contributed by atoms with E-state index < -0.39 is 0 Å². The van der Waals surface area contributed by atoms with E-state index in [2.05, 4.69) is 134 Å². The van der Waals surface area contributed by atoms with Gasteiger partial charge in [-0.2, -0.15) is 0 Å². The number of fused-ring (bicyclic) bond motifs is 9. The van der Waals surface area contributed by atoms with E-state index in [1.165, 1.54) is 10.8 Å². The highest BCUT2D eigenvalue weighted by Crippen LogP contribution is 2.37. The number of para-hydroxylation sites is 2. The van der Waals surface area contributed by atoms with Crippen molar-refractivity contribution in [1.82, 2.24) is 9.97 Å². The minimum Gasteiger partial charge on any atom is -0.455 e. The molecule has 3 heteroatoms. The highest BCUT2D eigenvalue weighted by atomic mass is 16.3. The van der Waals surface area contributed by atoms with Crippen molar-refractivity contribution >= 4 is 54.5 Å². The number of furan rings is 1. The van der Waals surface area contributed by atoms with E-state index >= 15 is 0 Å². The van der Waals surface area contributed by atoms with Crippen molar-refractivity contribution in [3.05, 3.63) is 171 Å². The lowest BCUT2D eigenvalue weighted by Crippen LogP contribution is -1.92. The highest BCUT2D eigenvalue weighted by molar-refractivity contribution is 6.23. The Kier molecular flexibility index (Phi) is 7.56. The lowest BCUT2D eigenvalue weighted by molar-refractivity contribution is 0.670. The van der Waals surface area contributed by atoms with E-state index in [-0.39, 0.29) is 0 Å². The molecule has 3 nitrogen and oxygen atoms in total. The zero-order chi connectivity index (χ0) is 32.5. The maximum absolute atomic E-state index is 6.27. The van der Waals surface area contributed by atoms with Crippen molar-refractivity contribution in [2.75, 3.05) is 0 Å². The molecule has 0 fully saturated rings. The Morgan fingerprint density at radius 3 is 1.69 bits per heavy atom. The van der Waals surface area contributed by atoms with Gasteiger partial charge in [0, 0.05) is 32.7 Å². The Bertz CT molecular complexity index is 2590. The van der Waals surface area contributed by atoms with Crippen LogP contribution in [0.25, 0.3) is 88.0 Å². The second-order valence-corrected chi connectivity index (χ2v) is 11.7. The highest BCUT2D eigenvalue weighted by Gasteiger charge is 2.14. The molecule has 0 aliphatic heterocycles. The number of hydrogen-bond acceptors (Lipinski definition) is 3. The van der Waals surface area contributed by atoms with Crippen molar-refractivity contribution in [2.45, 2.75) is 6.92 Å². The lowest BCUT2D eigenvalue weighted by Gasteiger charge is -2.11. The number of benzene rings is 7. The molecule has 0 saturated carbocycles. The molecular weight excluding hydrogens is 585 g/mol. The predicted octanol–water partition coefficient (Wildman–Crippen LogP) is 12.6. The van der Waals surface area contributed by atoms with Crippen LogP contribution in [0.1, 0.15) is 6.92 Å². The van der Waals surface area contributed by atoms with Crippen molar-refractivity contribution in [1.29, 1.82) is 0 Å². The van der Waals surface area contributed by atoms with Crippen LogP contribution in [-0.2, 0) is 0 Å². The number of allylic oxidation sites excluding steroid dienone is 3. The molecule has 0 N–H and O–H groups in total. The zero-order valence-electron chi connectivity index (χ0n) is 26.6. The van der Waals surface area contributed by atoms with Crippen LogP contribution in [0.15, 0.2) is 175 Å². The monoisotopic (exact) mass is 616 g/mol. The SMILES string of the molecule is C=C/C=C\C.c1ccc2c(c1)oc1c(-c3ccc(-c4ccc(-c5cnc6c7ccccc7c7ccccc7c6n5)cc4)cc3)cccc12. The molecule has 0 spiro atoms. The molecule has 9 aromatic rings. The third-order valence-electron chi connectivity index (χ3n) is 8.87. The molecular formula is C45H32N2O. The van der Waals surface area contributed by atoms with Crippen LogP contribution in [-0.4, -0.2) is 9.97 Å².